The van der Waals surface area contributed by atoms with Crippen molar-refractivity contribution in [3.8, 4) is 0 Å². The van der Waals surface area contributed by atoms with Gasteiger partial charge in [-0.1, -0.05) is 25.7 Å². The smallest absolute Gasteiger partial charge is 0.748 e. The molecule has 3 N–H and O–H groups in total. The van der Waals surface area contributed by atoms with E-state index in [0.717, 1.165) is 0 Å². The monoisotopic (exact) mass is 986 g/mol. The van der Waals surface area contributed by atoms with E-state index in [1.807, 2.05) is 9.48 Å². The molecule has 2 aliphatic rings. The van der Waals surface area contributed by atoms with Gasteiger partial charge in [-0.15, -0.1) is 0 Å². The molecular weight excluding hydrogens is 934 g/mol. The molecule has 0 aromatic heterocycles. The molecule has 0 spiro atoms. The maximum Gasteiger partial charge on any atom is 1.00 e. The number of anilines is 1. The maximum absolute atomic E-state index is 12.2. The molecule has 17 nitrogen and oxygen atoms in total. The van der Waals surface area contributed by atoms with Crippen LogP contribution in [0.15, 0.2) is 82.3 Å². The molecule has 2 heterocycles. The third kappa shape index (κ3) is 16.7. The van der Waals surface area contributed by atoms with Crippen LogP contribution < -0.4 is 93.6 Å². The zero-order valence-electron chi connectivity index (χ0n) is 35.8. The normalized spacial score (nSPS) is 19.3. The van der Waals surface area contributed by atoms with E-state index >= 15 is 0 Å². The molecule has 0 saturated heterocycles. The molecule has 0 radical (unpaired) electrons. The zero-order valence-corrected chi connectivity index (χ0v) is 45.1. The van der Waals surface area contributed by atoms with Crippen LogP contribution in [0.3, 0.4) is 0 Å². The van der Waals surface area contributed by atoms with Crippen LogP contribution >= 0.6 is 0 Å². The Hall–Kier alpha value is -0.800. The fourth-order valence-electron chi connectivity index (χ4n) is 7.86. The van der Waals surface area contributed by atoms with Crippen LogP contribution in [0.25, 0.3) is 0 Å². The van der Waals surface area contributed by atoms with E-state index in [0.29, 0.717) is 66.3 Å². The third-order valence-corrected chi connectivity index (χ3v) is 14.0. The molecule has 0 fully saturated rings. The van der Waals surface area contributed by atoms with Crippen LogP contribution in [0.5, 0.6) is 0 Å². The van der Waals surface area contributed by atoms with E-state index < -0.39 is 73.7 Å². The summed E-state index contributed by atoms with van der Waals surface area (Å²) in [7, 11) is -16.9. The Morgan fingerprint density at radius 1 is 0.794 bits per heavy atom. The summed E-state index contributed by atoms with van der Waals surface area (Å²) in [6.07, 6.45) is 10.1. The van der Waals surface area contributed by atoms with Gasteiger partial charge in [-0.05, 0) is 94.3 Å². The minimum absolute atomic E-state index is 0. The number of methoxy groups -OCH3 is 1. The van der Waals surface area contributed by atoms with Gasteiger partial charge in [0.1, 0.15) is 16.7 Å². The first-order chi connectivity index (χ1) is 27.3. The van der Waals surface area contributed by atoms with Crippen LogP contribution in [-0.2, 0) is 60.8 Å². The number of allylic oxidation sites excluding steroid dienone is 6. The van der Waals surface area contributed by atoms with Gasteiger partial charge in [0.2, 0.25) is 5.69 Å². The summed E-state index contributed by atoms with van der Waals surface area (Å²) < 4.78 is 145. The Labute approximate surface area is 438 Å². The summed E-state index contributed by atoms with van der Waals surface area (Å²) in [4.78, 5) is 12.1. The van der Waals surface area contributed by atoms with Crippen molar-refractivity contribution in [2.24, 2.45) is 0 Å². The number of hydrogen-bond donors (Lipinski definition) is 3. The summed E-state index contributed by atoms with van der Waals surface area (Å²) in [5, 5.41) is 9.10. The van der Waals surface area contributed by atoms with Gasteiger partial charge >= 0.3 is 94.6 Å². The van der Waals surface area contributed by atoms with Gasteiger partial charge in [0.05, 0.1) is 37.7 Å². The largest absolute Gasteiger partial charge is 1.00 e. The number of aliphatic carboxylic acids is 1. The van der Waals surface area contributed by atoms with E-state index in [-0.39, 0.29) is 140 Å². The van der Waals surface area contributed by atoms with Crippen molar-refractivity contribution in [1.82, 2.24) is 0 Å². The van der Waals surface area contributed by atoms with Crippen molar-refractivity contribution >= 4 is 63.5 Å². The molecule has 0 saturated carbocycles. The molecule has 4 rings (SSSR count). The maximum atomic E-state index is 12.2. The first-order valence-electron chi connectivity index (χ1n) is 18.6. The second-order valence-electron chi connectivity index (χ2n) is 14.9. The van der Waals surface area contributed by atoms with Crippen molar-refractivity contribution in [3.63, 3.8) is 0 Å². The molecule has 0 amide bonds. The van der Waals surface area contributed by atoms with Gasteiger partial charge in [0.25, 0.3) is 20.2 Å². The molecule has 63 heavy (non-hydrogen) atoms. The Morgan fingerprint density at radius 2 is 1.40 bits per heavy atom. The summed E-state index contributed by atoms with van der Waals surface area (Å²) in [6.45, 7) is 4.43. The number of hydrogen-bond acceptors (Lipinski definition) is 13. The number of fused-ring (bicyclic) bond motifs is 2. The number of carboxylic acid groups (broad SMARTS) is 1. The van der Waals surface area contributed by atoms with Crippen LogP contribution in [-0.4, -0.2) is 112 Å². The van der Waals surface area contributed by atoms with Crippen LogP contribution in [0.1, 0.15) is 83.8 Å². The summed E-state index contributed by atoms with van der Waals surface area (Å²) in [6, 6.07) is 8.04. The molecule has 2 atom stereocenters. The molecule has 2 aromatic carbocycles. The molecule has 334 valence electrons. The zero-order chi connectivity index (χ0) is 44.0. The van der Waals surface area contributed by atoms with Crippen LogP contribution in [0.2, 0.25) is 0 Å². The van der Waals surface area contributed by atoms with Crippen molar-refractivity contribution in [2.45, 2.75) is 93.3 Å². The quantitative estimate of drug-likeness (QED) is 0.0333. The Kier molecular flexibility index (Phi) is 25.2. The Bertz CT molecular complexity index is 2510. The van der Waals surface area contributed by atoms with E-state index in [9.17, 15) is 56.7 Å². The summed E-state index contributed by atoms with van der Waals surface area (Å²) >= 11 is 0. The van der Waals surface area contributed by atoms with E-state index in [2.05, 4.69) is 0 Å². The minimum atomic E-state index is -4.89. The predicted octanol–water partition coefficient (Wildman–Crippen LogP) is -4.10. The molecule has 24 heteroatoms. The van der Waals surface area contributed by atoms with E-state index in [1.54, 1.807) is 44.2 Å². The van der Waals surface area contributed by atoms with Gasteiger partial charge in [-0.2, -0.15) is 21.4 Å². The summed E-state index contributed by atoms with van der Waals surface area (Å²) in [5.74, 6) is -2.18. The first-order valence-corrected chi connectivity index (χ1v) is 24.7. The van der Waals surface area contributed by atoms with E-state index in [4.69, 9.17) is 9.84 Å². The number of carbonyl (C=O) groups is 1. The number of nitrogens with zero attached hydrogens (tertiary/aromatic N) is 2. The SMILES string of the molecule is C.COCCN1C(=CC=CC=CC2=[N+](CCCCCC(=O)O)c3ccc(S(=O)(=O)[O-])cc3C2(C)CCCS(=O)(=O)[O-])C(C)(CCCS(=O)(=O)O)c2cc(S(=O)(=O)O)ccc21.[Na+].[Na+].[Na+]. The topological polar surface area (TPSA) is 276 Å². The van der Waals surface area contributed by atoms with Gasteiger partial charge in [-0.3, -0.25) is 13.9 Å². The number of carboxylic acids is 1. The average Bonchev–Trinajstić information content (AvgIpc) is 3.48. The fraction of sp³-hybridized carbons (Fsp3) is 0.487. The Balaban J connectivity index is 0.00000961. The number of rotatable bonds is 22. The summed E-state index contributed by atoms with van der Waals surface area (Å²) in [5.41, 5.74) is 1.15. The van der Waals surface area contributed by atoms with Crippen molar-refractivity contribution in [1.29, 1.82) is 0 Å². The van der Waals surface area contributed by atoms with Crippen LogP contribution in [0, 0.1) is 0 Å². The van der Waals surface area contributed by atoms with Crippen molar-refractivity contribution in [2.75, 3.05) is 43.2 Å². The Morgan fingerprint density at radius 3 is 1.97 bits per heavy atom. The number of unbranched alkanes of at least 4 members (excludes halogenated alkanes) is 2. The fourth-order valence-corrected chi connectivity index (χ4v) is 9.87. The third-order valence-electron chi connectivity index (χ3n) is 10.7. The second-order valence-corrected chi connectivity index (χ2v) is 20.8. The first kappa shape index (κ1) is 62.2. The van der Waals surface area contributed by atoms with Gasteiger partial charge in [0, 0.05) is 66.8 Å². The molecule has 0 aliphatic carbocycles. The number of ether oxygens (including phenoxy) is 1. The second kappa shape index (κ2) is 25.5. The standard InChI is InChI=1S/C38H50N2O15S4.CH4.3Na/c1-37(19-10-24-56(43,44)45)30-26-28(58(49,50)51)15-17-32(30)39(21-9-5-8-14-36(41)42)34(37)12-6-4-7-13-35-38(2,20-11-25-57(46,47)48)31-27-29(59(52,53)54)16-18-33(31)40(35)22-23-55-3;;;;/h4,6-7,12-13,15-18,26-27H,5,8-11,14,19-25H2,1-3H3,(H4-,41,42,43,44,45,46,47,48,49,50,51,52,53,54);1H4;;;/q;;3*+1/p-1. The van der Waals surface area contributed by atoms with E-state index in [1.165, 1.54) is 43.5 Å². The van der Waals surface area contributed by atoms with Gasteiger partial charge in [0.15, 0.2) is 5.71 Å². The number of benzene rings is 2. The van der Waals surface area contributed by atoms with Crippen molar-refractivity contribution < 1.29 is 160 Å². The van der Waals surface area contributed by atoms with Gasteiger partial charge < -0.3 is 23.8 Å². The van der Waals surface area contributed by atoms with Crippen molar-refractivity contribution in [3.05, 3.63) is 83.6 Å². The average molecular weight is 987 g/mol. The molecule has 2 unspecified atom stereocenters. The molecule has 2 aromatic rings. The predicted molar refractivity (Wildman–Crippen MR) is 223 cm³/mol. The minimum Gasteiger partial charge on any atom is -0.748 e. The van der Waals surface area contributed by atoms with Gasteiger partial charge in [-0.25, -0.2) is 16.8 Å². The molecule has 2 aliphatic heterocycles. The molecule has 0 bridgehead atoms. The van der Waals surface area contributed by atoms with Crippen LogP contribution in [0.4, 0.5) is 11.4 Å². The molecular formula is C39H53N2Na3O15S4+2.